The van der Waals surface area contributed by atoms with Crippen molar-refractivity contribution in [3.8, 4) is 0 Å². The van der Waals surface area contributed by atoms with Gasteiger partial charge in [0.05, 0.1) is 17.0 Å². The molecule has 0 saturated carbocycles. The second kappa shape index (κ2) is 10.6. The van der Waals surface area contributed by atoms with Gasteiger partial charge in [0.2, 0.25) is 10.0 Å². The highest BCUT2D eigenvalue weighted by Crippen LogP contribution is 2.16. The Kier molecular flexibility index (Phi) is 9.20. The molecule has 0 aliphatic carbocycles. The van der Waals surface area contributed by atoms with Gasteiger partial charge in [-0.3, -0.25) is 14.4 Å². The van der Waals surface area contributed by atoms with Crippen LogP contribution in [0.3, 0.4) is 0 Å². The number of carbonyl (C=O) groups is 1. The van der Waals surface area contributed by atoms with Gasteiger partial charge in [-0.2, -0.15) is 0 Å². The monoisotopic (exact) mass is 390 g/mol. The molecule has 2 rings (SSSR count). The smallest absolute Gasteiger partial charge is 0.253 e. The van der Waals surface area contributed by atoms with E-state index in [1.165, 1.54) is 0 Å². The molecule has 0 aromatic heterocycles. The van der Waals surface area contributed by atoms with Crippen molar-refractivity contribution < 1.29 is 13.2 Å². The molecule has 1 aliphatic heterocycles. The molecule has 7 nitrogen and oxygen atoms in total. The van der Waals surface area contributed by atoms with E-state index >= 15 is 0 Å². The summed E-state index contributed by atoms with van der Waals surface area (Å²) in [5.74, 6) is -0.230. The molecule has 1 aromatic rings. The first-order valence-electron chi connectivity index (χ1n) is 8.32. The first-order valence-corrected chi connectivity index (χ1v) is 9.98. The van der Waals surface area contributed by atoms with E-state index in [0.29, 0.717) is 24.2 Å². The van der Waals surface area contributed by atoms with Crippen LogP contribution in [-0.2, 0) is 10.0 Å². The standard InChI is InChI=1S/C16H26N4O3S.ClH/c1-2-13-24(22,23)19-15-6-4-3-5-14(15)16(21)18-9-12-20-10-7-17-8-11-20;/h3-6,17,19H,2,7-13H2,1H3,(H,18,21);1H. The van der Waals surface area contributed by atoms with Gasteiger partial charge >= 0.3 is 0 Å². The third-order valence-electron chi connectivity index (χ3n) is 3.83. The SMILES string of the molecule is CCCS(=O)(=O)Nc1ccccc1C(=O)NCCN1CCNCC1.Cl. The number of benzene rings is 1. The lowest BCUT2D eigenvalue weighted by molar-refractivity contribution is 0.0948. The molecule has 3 N–H and O–H groups in total. The number of anilines is 1. The Morgan fingerprint density at radius 1 is 1.24 bits per heavy atom. The van der Waals surface area contributed by atoms with E-state index < -0.39 is 10.0 Å². The van der Waals surface area contributed by atoms with Crippen molar-refractivity contribution in [3.63, 3.8) is 0 Å². The van der Waals surface area contributed by atoms with E-state index in [1.807, 2.05) is 0 Å². The Hall–Kier alpha value is -1.35. The fraction of sp³-hybridized carbons (Fsp3) is 0.562. The number of halogens is 1. The van der Waals surface area contributed by atoms with Crippen molar-refractivity contribution in [1.29, 1.82) is 0 Å². The van der Waals surface area contributed by atoms with Crippen LogP contribution >= 0.6 is 12.4 Å². The molecule has 0 bridgehead atoms. The lowest BCUT2D eigenvalue weighted by Crippen LogP contribution is -2.46. The maximum atomic E-state index is 12.4. The highest BCUT2D eigenvalue weighted by atomic mass is 35.5. The average molecular weight is 391 g/mol. The van der Waals surface area contributed by atoms with E-state index in [-0.39, 0.29) is 24.1 Å². The zero-order valence-corrected chi connectivity index (χ0v) is 16.1. The average Bonchev–Trinajstić information content (AvgIpc) is 2.55. The molecule has 1 aliphatic rings. The summed E-state index contributed by atoms with van der Waals surface area (Å²) in [5, 5.41) is 6.15. The molecule has 0 atom stereocenters. The number of para-hydroxylation sites is 1. The summed E-state index contributed by atoms with van der Waals surface area (Å²) in [6.07, 6.45) is 0.522. The van der Waals surface area contributed by atoms with E-state index in [2.05, 4.69) is 20.3 Å². The second-order valence-corrected chi connectivity index (χ2v) is 7.66. The molecule has 1 saturated heterocycles. The number of nitrogens with one attached hydrogen (secondary N) is 3. The molecule has 0 radical (unpaired) electrons. The predicted molar refractivity (Wildman–Crippen MR) is 103 cm³/mol. The quantitative estimate of drug-likeness (QED) is 0.613. The van der Waals surface area contributed by atoms with Crippen LogP contribution in [0.2, 0.25) is 0 Å². The molecule has 1 fully saturated rings. The zero-order chi connectivity index (χ0) is 17.4. The number of amides is 1. The van der Waals surface area contributed by atoms with Crippen molar-refractivity contribution in [3.05, 3.63) is 29.8 Å². The number of sulfonamides is 1. The van der Waals surface area contributed by atoms with Crippen molar-refractivity contribution in [2.45, 2.75) is 13.3 Å². The van der Waals surface area contributed by atoms with Crippen molar-refractivity contribution >= 4 is 34.0 Å². The molecule has 1 heterocycles. The summed E-state index contributed by atoms with van der Waals surface area (Å²) in [6.45, 7) is 7.01. The molecule has 0 unspecified atom stereocenters. The van der Waals surface area contributed by atoms with Crippen LogP contribution in [-0.4, -0.2) is 64.2 Å². The first-order chi connectivity index (χ1) is 11.5. The molecule has 0 spiro atoms. The van der Waals surface area contributed by atoms with Gasteiger partial charge in [0.15, 0.2) is 0 Å². The Morgan fingerprint density at radius 2 is 1.92 bits per heavy atom. The predicted octanol–water partition coefficient (Wildman–Crippen LogP) is 0.895. The van der Waals surface area contributed by atoms with Crippen LogP contribution in [0.4, 0.5) is 5.69 Å². The molecule has 1 amide bonds. The Bertz CT molecular complexity index is 649. The summed E-state index contributed by atoms with van der Waals surface area (Å²) in [6, 6.07) is 6.67. The minimum Gasteiger partial charge on any atom is -0.351 e. The lowest BCUT2D eigenvalue weighted by Gasteiger charge is -2.27. The van der Waals surface area contributed by atoms with Crippen LogP contribution in [0.15, 0.2) is 24.3 Å². The fourth-order valence-corrected chi connectivity index (χ4v) is 3.77. The summed E-state index contributed by atoms with van der Waals surface area (Å²) in [7, 11) is -3.42. The topological polar surface area (TPSA) is 90.5 Å². The molecule has 142 valence electrons. The van der Waals surface area contributed by atoms with Gasteiger partial charge in [0.1, 0.15) is 0 Å². The molecule has 1 aromatic carbocycles. The first kappa shape index (κ1) is 21.7. The van der Waals surface area contributed by atoms with Crippen LogP contribution < -0.4 is 15.4 Å². The largest absolute Gasteiger partial charge is 0.351 e. The molecule has 25 heavy (non-hydrogen) atoms. The normalized spacial score (nSPS) is 15.2. The van der Waals surface area contributed by atoms with Gasteiger partial charge in [-0.25, -0.2) is 8.42 Å². The summed E-state index contributed by atoms with van der Waals surface area (Å²) in [5.41, 5.74) is 0.670. The highest BCUT2D eigenvalue weighted by Gasteiger charge is 2.16. The number of nitrogens with zero attached hydrogens (tertiary/aromatic N) is 1. The van der Waals surface area contributed by atoms with E-state index in [4.69, 9.17) is 0 Å². The number of carbonyl (C=O) groups excluding carboxylic acids is 1. The maximum absolute atomic E-state index is 12.4. The minimum atomic E-state index is -3.42. The van der Waals surface area contributed by atoms with Gasteiger partial charge < -0.3 is 10.6 Å². The summed E-state index contributed by atoms with van der Waals surface area (Å²) < 4.78 is 26.4. The lowest BCUT2D eigenvalue weighted by atomic mass is 10.1. The third kappa shape index (κ3) is 7.19. The van der Waals surface area contributed by atoms with Gasteiger partial charge in [-0.1, -0.05) is 19.1 Å². The number of rotatable bonds is 8. The Morgan fingerprint density at radius 3 is 2.60 bits per heavy atom. The molecular formula is C16H27ClN4O3S. The van der Waals surface area contributed by atoms with Crippen LogP contribution in [0, 0.1) is 0 Å². The van der Waals surface area contributed by atoms with E-state index in [9.17, 15) is 13.2 Å². The van der Waals surface area contributed by atoms with Gasteiger partial charge in [-0.05, 0) is 18.6 Å². The molecule has 9 heteroatoms. The van der Waals surface area contributed by atoms with E-state index in [0.717, 1.165) is 32.7 Å². The number of hydrogen-bond donors (Lipinski definition) is 3. The zero-order valence-electron chi connectivity index (χ0n) is 14.5. The molecular weight excluding hydrogens is 364 g/mol. The van der Waals surface area contributed by atoms with Crippen molar-refractivity contribution in [1.82, 2.24) is 15.5 Å². The van der Waals surface area contributed by atoms with Gasteiger partial charge in [0, 0.05) is 39.3 Å². The number of hydrogen-bond acceptors (Lipinski definition) is 5. The Labute approximate surface area is 156 Å². The van der Waals surface area contributed by atoms with Gasteiger partial charge in [0.25, 0.3) is 5.91 Å². The Balaban J connectivity index is 0.00000312. The maximum Gasteiger partial charge on any atom is 0.253 e. The van der Waals surface area contributed by atoms with Crippen LogP contribution in [0.5, 0.6) is 0 Å². The van der Waals surface area contributed by atoms with Crippen LogP contribution in [0.25, 0.3) is 0 Å². The van der Waals surface area contributed by atoms with Gasteiger partial charge in [-0.15, -0.1) is 12.4 Å². The van der Waals surface area contributed by atoms with E-state index in [1.54, 1.807) is 31.2 Å². The van der Waals surface area contributed by atoms with Crippen molar-refractivity contribution in [2.75, 3.05) is 49.7 Å². The van der Waals surface area contributed by atoms with Crippen molar-refractivity contribution in [2.24, 2.45) is 0 Å². The summed E-state index contributed by atoms with van der Waals surface area (Å²) in [4.78, 5) is 14.7. The number of piperazine rings is 1. The minimum absolute atomic E-state index is 0. The fourth-order valence-electron chi connectivity index (χ4n) is 2.61. The highest BCUT2D eigenvalue weighted by molar-refractivity contribution is 7.92. The second-order valence-electron chi connectivity index (χ2n) is 5.81. The third-order valence-corrected chi connectivity index (χ3v) is 5.31. The summed E-state index contributed by atoms with van der Waals surface area (Å²) >= 11 is 0. The van der Waals surface area contributed by atoms with Crippen LogP contribution in [0.1, 0.15) is 23.7 Å².